The predicted molar refractivity (Wildman–Crippen MR) is 57.8 cm³/mol. The van der Waals surface area contributed by atoms with E-state index in [0.29, 0.717) is 6.10 Å². The van der Waals surface area contributed by atoms with Crippen LogP contribution < -0.4 is 5.32 Å². The van der Waals surface area contributed by atoms with E-state index in [9.17, 15) is 0 Å². The van der Waals surface area contributed by atoms with E-state index in [2.05, 4.69) is 5.32 Å². The summed E-state index contributed by atoms with van der Waals surface area (Å²) in [6.45, 7) is 2.80. The summed E-state index contributed by atoms with van der Waals surface area (Å²) in [6.07, 6.45) is 1.40. The summed E-state index contributed by atoms with van der Waals surface area (Å²) in [5.41, 5.74) is 1.28. The smallest absolute Gasteiger partial charge is 0.0823 e. The first-order valence-corrected chi connectivity index (χ1v) is 5.29. The lowest BCUT2D eigenvalue weighted by Crippen LogP contribution is -2.48. The average molecular weight is 212 g/mol. The molecule has 0 aliphatic carbocycles. The molecule has 0 saturated carbocycles. The van der Waals surface area contributed by atoms with Gasteiger partial charge in [-0.15, -0.1) is 0 Å². The largest absolute Gasteiger partial charge is 0.375 e. The Kier molecular flexibility index (Phi) is 3.40. The zero-order chi connectivity index (χ0) is 9.80. The van der Waals surface area contributed by atoms with E-state index in [1.807, 2.05) is 24.3 Å². The van der Waals surface area contributed by atoms with E-state index in [4.69, 9.17) is 16.3 Å². The molecule has 1 aromatic carbocycles. The highest BCUT2D eigenvalue weighted by molar-refractivity contribution is 6.30. The number of hydrogen-bond donors (Lipinski definition) is 1. The van der Waals surface area contributed by atoms with Gasteiger partial charge in [0, 0.05) is 18.1 Å². The predicted octanol–water partition coefficient (Wildman–Crippen LogP) is 1.87. The molecule has 0 radical (unpaired) electrons. The summed E-state index contributed by atoms with van der Waals surface area (Å²) in [6, 6.07) is 7.93. The zero-order valence-corrected chi connectivity index (χ0v) is 8.76. The van der Waals surface area contributed by atoms with Crippen LogP contribution in [0.2, 0.25) is 5.02 Å². The van der Waals surface area contributed by atoms with Crippen molar-refractivity contribution in [2.45, 2.75) is 12.5 Å². The summed E-state index contributed by atoms with van der Waals surface area (Å²) in [5.74, 6) is 0. The molecule has 0 amide bonds. The minimum absolute atomic E-state index is 0.433. The highest BCUT2D eigenvalue weighted by Crippen LogP contribution is 2.10. The van der Waals surface area contributed by atoms with Crippen molar-refractivity contribution in [1.29, 1.82) is 0 Å². The molecule has 1 saturated heterocycles. The van der Waals surface area contributed by atoms with Crippen molar-refractivity contribution in [1.82, 2.24) is 5.32 Å². The maximum Gasteiger partial charge on any atom is 0.0823 e. The third-order valence-electron chi connectivity index (χ3n) is 2.40. The van der Waals surface area contributed by atoms with Gasteiger partial charge in [-0.25, -0.2) is 0 Å². The molecule has 0 bridgehead atoms. The van der Waals surface area contributed by atoms with Gasteiger partial charge in [0.15, 0.2) is 0 Å². The highest BCUT2D eigenvalue weighted by atomic mass is 35.5. The summed E-state index contributed by atoms with van der Waals surface area (Å²) < 4.78 is 5.62. The van der Waals surface area contributed by atoms with Crippen molar-refractivity contribution >= 4 is 11.6 Å². The number of rotatable bonds is 4. The van der Waals surface area contributed by atoms with Gasteiger partial charge < -0.3 is 10.1 Å². The minimum Gasteiger partial charge on any atom is -0.375 e. The van der Waals surface area contributed by atoms with Crippen LogP contribution in [0.15, 0.2) is 24.3 Å². The van der Waals surface area contributed by atoms with Crippen LogP contribution in [0.4, 0.5) is 0 Å². The van der Waals surface area contributed by atoms with E-state index in [0.717, 1.165) is 31.1 Å². The van der Waals surface area contributed by atoms with Crippen molar-refractivity contribution in [3.63, 3.8) is 0 Å². The normalized spacial score (nSPS) is 16.6. The molecule has 0 spiro atoms. The Bertz CT molecular complexity index is 282. The van der Waals surface area contributed by atoms with E-state index in [1.165, 1.54) is 5.56 Å². The second-order valence-electron chi connectivity index (χ2n) is 3.53. The molecule has 1 aliphatic rings. The molecule has 1 fully saturated rings. The third-order valence-corrected chi connectivity index (χ3v) is 2.65. The Balaban J connectivity index is 1.71. The first-order chi connectivity index (χ1) is 6.84. The van der Waals surface area contributed by atoms with E-state index in [-0.39, 0.29) is 0 Å². The average Bonchev–Trinajstić information content (AvgIpc) is 2.12. The topological polar surface area (TPSA) is 21.3 Å². The van der Waals surface area contributed by atoms with Gasteiger partial charge in [0.25, 0.3) is 0 Å². The fourth-order valence-corrected chi connectivity index (χ4v) is 1.50. The molecule has 3 heteroatoms. The van der Waals surface area contributed by atoms with Gasteiger partial charge in [-0.1, -0.05) is 23.7 Å². The van der Waals surface area contributed by atoms with Gasteiger partial charge in [0.1, 0.15) is 0 Å². The number of benzene rings is 1. The molecule has 1 N–H and O–H groups in total. The van der Waals surface area contributed by atoms with E-state index in [1.54, 1.807) is 0 Å². The standard InChI is InChI=1S/C11H14ClNO/c12-10-3-1-9(2-4-10)5-6-14-11-7-13-8-11/h1-4,11,13H,5-8H2. The van der Waals surface area contributed by atoms with Crippen LogP contribution in [0.1, 0.15) is 5.56 Å². The van der Waals surface area contributed by atoms with Crippen molar-refractivity contribution < 1.29 is 4.74 Å². The molecule has 2 rings (SSSR count). The Morgan fingerprint density at radius 1 is 1.29 bits per heavy atom. The first-order valence-electron chi connectivity index (χ1n) is 4.91. The van der Waals surface area contributed by atoms with Crippen molar-refractivity contribution in [2.24, 2.45) is 0 Å². The third kappa shape index (κ3) is 2.71. The van der Waals surface area contributed by atoms with Gasteiger partial charge in [-0.3, -0.25) is 0 Å². The van der Waals surface area contributed by atoms with Crippen LogP contribution in [0.25, 0.3) is 0 Å². The Labute approximate surface area is 89.2 Å². The van der Waals surface area contributed by atoms with Crippen molar-refractivity contribution in [2.75, 3.05) is 19.7 Å². The van der Waals surface area contributed by atoms with Crippen LogP contribution >= 0.6 is 11.6 Å². The summed E-state index contributed by atoms with van der Waals surface area (Å²) in [7, 11) is 0. The summed E-state index contributed by atoms with van der Waals surface area (Å²) in [5, 5.41) is 3.96. The summed E-state index contributed by atoms with van der Waals surface area (Å²) in [4.78, 5) is 0. The van der Waals surface area contributed by atoms with E-state index >= 15 is 0 Å². The van der Waals surface area contributed by atoms with Crippen LogP contribution in [-0.2, 0) is 11.2 Å². The monoisotopic (exact) mass is 211 g/mol. The quantitative estimate of drug-likeness (QED) is 0.821. The molecule has 0 atom stereocenters. The molecular formula is C11H14ClNO. The molecule has 1 aromatic rings. The van der Waals surface area contributed by atoms with Crippen LogP contribution in [-0.4, -0.2) is 25.8 Å². The van der Waals surface area contributed by atoms with Gasteiger partial charge in [-0.05, 0) is 24.1 Å². The first kappa shape index (κ1) is 9.97. The Morgan fingerprint density at radius 2 is 2.00 bits per heavy atom. The molecule has 1 heterocycles. The lowest BCUT2D eigenvalue weighted by molar-refractivity contribution is 0.0208. The maximum absolute atomic E-state index is 5.79. The van der Waals surface area contributed by atoms with Crippen molar-refractivity contribution in [3.05, 3.63) is 34.9 Å². The highest BCUT2D eigenvalue weighted by Gasteiger charge is 2.16. The Hall–Kier alpha value is -0.570. The lowest BCUT2D eigenvalue weighted by atomic mass is 10.1. The number of ether oxygens (including phenoxy) is 1. The Morgan fingerprint density at radius 3 is 2.57 bits per heavy atom. The molecule has 2 nitrogen and oxygen atoms in total. The second-order valence-corrected chi connectivity index (χ2v) is 3.96. The fourth-order valence-electron chi connectivity index (χ4n) is 1.37. The molecule has 76 valence electrons. The number of hydrogen-bond acceptors (Lipinski definition) is 2. The molecule has 14 heavy (non-hydrogen) atoms. The van der Waals surface area contributed by atoms with Crippen LogP contribution in [0.5, 0.6) is 0 Å². The SMILES string of the molecule is Clc1ccc(CCOC2CNC2)cc1. The zero-order valence-electron chi connectivity index (χ0n) is 8.00. The molecular weight excluding hydrogens is 198 g/mol. The minimum atomic E-state index is 0.433. The van der Waals surface area contributed by atoms with Crippen LogP contribution in [0, 0.1) is 0 Å². The van der Waals surface area contributed by atoms with Gasteiger partial charge in [0.2, 0.25) is 0 Å². The summed E-state index contributed by atoms with van der Waals surface area (Å²) >= 11 is 5.79. The number of halogens is 1. The lowest BCUT2D eigenvalue weighted by Gasteiger charge is -2.27. The molecule has 0 aromatic heterocycles. The fraction of sp³-hybridized carbons (Fsp3) is 0.455. The van der Waals surface area contributed by atoms with Gasteiger partial charge >= 0.3 is 0 Å². The number of nitrogens with one attached hydrogen (secondary N) is 1. The molecule has 0 unspecified atom stereocenters. The molecule has 1 aliphatic heterocycles. The maximum atomic E-state index is 5.79. The van der Waals surface area contributed by atoms with Gasteiger partial charge in [-0.2, -0.15) is 0 Å². The van der Waals surface area contributed by atoms with Crippen LogP contribution in [0.3, 0.4) is 0 Å². The van der Waals surface area contributed by atoms with Gasteiger partial charge in [0.05, 0.1) is 12.7 Å². The van der Waals surface area contributed by atoms with E-state index < -0.39 is 0 Å². The second kappa shape index (κ2) is 4.78. The van der Waals surface area contributed by atoms with Crippen molar-refractivity contribution in [3.8, 4) is 0 Å².